The van der Waals surface area contributed by atoms with Gasteiger partial charge in [0.1, 0.15) is 0 Å². The molecule has 0 spiro atoms. The number of rotatable bonds is 7. The van der Waals surface area contributed by atoms with Gasteiger partial charge in [-0.3, -0.25) is 14.3 Å². The maximum absolute atomic E-state index is 13.7. The number of halogens is 1. The first-order valence-corrected chi connectivity index (χ1v) is 13.1. The predicted molar refractivity (Wildman–Crippen MR) is 152 cm³/mol. The van der Waals surface area contributed by atoms with Gasteiger partial charge in [0.25, 0.3) is 0 Å². The van der Waals surface area contributed by atoms with Crippen molar-refractivity contribution in [3.05, 3.63) is 104 Å². The normalized spacial score (nSPS) is 13.7. The molecule has 5 rings (SSSR count). The van der Waals surface area contributed by atoms with Gasteiger partial charge >= 0.3 is 17.3 Å². The number of aromatic amines is 1. The average Bonchev–Trinajstić information content (AvgIpc) is 3.24. The number of nitrogens with zero attached hydrogens (tertiary/aromatic N) is 4. The number of para-hydroxylation sites is 1. The number of benzene rings is 3. The SMILES string of the molecule is CCn1c2ccccc2c2cc(/N=c3\[nH]c(=O)n([C@@H](C)[C@@H](C)C(=O)O)c(=O)n3Cc3ccc(Cl)cc3)ccc21. The topological polar surface area (TPSA) is 114 Å². The van der Waals surface area contributed by atoms with Crippen LogP contribution < -0.4 is 17.0 Å². The molecule has 2 N–H and O–H groups in total. The van der Waals surface area contributed by atoms with Gasteiger partial charge in [-0.1, -0.05) is 41.9 Å². The van der Waals surface area contributed by atoms with E-state index >= 15 is 0 Å². The first-order valence-electron chi connectivity index (χ1n) is 12.7. The van der Waals surface area contributed by atoms with E-state index in [0.29, 0.717) is 10.7 Å². The third-order valence-electron chi connectivity index (χ3n) is 7.21. The predicted octanol–water partition coefficient (Wildman–Crippen LogP) is 4.68. The zero-order valence-electron chi connectivity index (χ0n) is 21.8. The Morgan fingerprint density at radius 2 is 1.67 bits per heavy atom. The maximum Gasteiger partial charge on any atom is 0.335 e. The largest absolute Gasteiger partial charge is 0.481 e. The highest BCUT2D eigenvalue weighted by Gasteiger charge is 2.25. The molecule has 9 nitrogen and oxygen atoms in total. The van der Waals surface area contributed by atoms with Crippen molar-refractivity contribution in [2.45, 2.75) is 39.9 Å². The second-order valence-corrected chi connectivity index (χ2v) is 10.00. The van der Waals surface area contributed by atoms with Gasteiger partial charge in [0.2, 0.25) is 5.62 Å². The van der Waals surface area contributed by atoms with E-state index in [2.05, 4.69) is 28.6 Å². The van der Waals surface area contributed by atoms with Crippen molar-refractivity contribution in [1.82, 2.24) is 18.7 Å². The van der Waals surface area contributed by atoms with Gasteiger partial charge in [0, 0.05) is 33.4 Å². The molecule has 2 atom stereocenters. The first kappa shape index (κ1) is 26.2. The number of aromatic nitrogens is 4. The zero-order valence-corrected chi connectivity index (χ0v) is 22.5. The van der Waals surface area contributed by atoms with Crippen molar-refractivity contribution in [3.8, 4) is 0 Å². The number of hydrogen-bond donors (Lipinski definition) is 2. The number of H-pyrrole nitrogens is 1. The number of fused-ring (bicyclic) bond motifs is 3. The quantitative estimate of drug-likeness (QED) is 0.309. The van der Waals surface area contributed by atoms with Gasteiger partial charge in [0.15, 0.2) is 0 Å². The minimum atomic E-state index is -1.11. The number of hydrogen-bond acceptors (Lipinski definition) is 4. The molecular formula is C29H28ClN5O4. The Kier molecular flexibility index (Phi) is 7.01. The van der Waals surface area contributed by atoms with Crippen LogP contribution in [0.3, 0.4) is 0 Å². The van der Waals surface area contributed by atoms with Gasteiger partial charge < -0.3 is 9.67 Å². The van der Waals surface area contributed by atoms with Crippen LogP contribution in [0.1, 0.15) is 32.4 Å². The van der Waals surface area contributed by atoms with E-state index in [1.807, 2.05) is 30.3 Å². The summed E-state index contributed by atoms with van der Waals surface area (Å²) in [6.07, 6.45) is 0. The van der Waals surface area contributed by atoms with Crippen LogP contribution in [0.25, 0.3) is 21.8 Å². The lowest BCUT2D eigenvalue weighted by atomic mass is 10.0. The highest BCUT2D eigenvalue weighted by molar-refractivity contribution is 6.30. The van der Waals surface area contributed by atoms with Gasteiger partial charge in [-0.25, -0.2) is 19.1 Å². The number of nitrogens with one attached hydrogen (secondary N) is 1. The van der Waals surface area contributed by atoms with E-state index in [9.17, 15) is 19.5 Å². The number of carbonyl (C=O) groups is 1. The fourth-order valence-corrected chi connectivity index (χ4v) is 5.02. The third-order valence-corrected chi connectivity index (χ3v) is 7.46. The van der Waals surface area contributed by atoms with E-state index in [1.54, 1.807) is 24.3 Å². The number of aryl methyl sites for hydroxylation is 1. The molecule has 10 heteroatoms. The lowest BCUT2D eigenvalue weighted by molar-refractivity contribution is -0.142. The first-order chi connectivity index (χ1) is 18.7. The highest BCUT2D eigenvalue weighted by Crippen LogP contribution is 2.31. The Balaban J connectivity index is 1.73. The fourth-order valence-electron chi connectivity index (χ4n) is 4.90. The molecule has 39 heavy (non-hydrogen) atoms. The van der Waals surface area contributed by atoms with Crippen LogP contribution in [0, 0.1) is 5.92 Å². The Bertz CT molecular complexity index is 1900. The van der Waals surface area contributed by atoms with E-state index in [4.69, 9.17) is 16.6 Å². The monoisotopic (exact) mass is 545 g/mol. The molecular weight excluding hydrogens is 518 g/mol. The van der Waals surface area contributed by atoms with E-state index in [1.165, 1.54) is 18.4 Å². The molecule has 2 aromatic heterocycles. The van der Waals surface area contributed by atoms with E-state index < -0.39 is 29.3 Å². The second kappa shape index (κ2) is 10.4. The number of carboxylic acids is 1. The minimum Gasteiger partial charge on any atom is -0.481 e. The summed E-state index contributed by atoms with van der Waals surface area (Å²) in [5.74, 6) is -2.07. The summed E-state index contributed by atoms with van der Waals surface area (Å²) in [4.78, 5) is 45.8. The fraction of sp³-hybridized carbons (Fsp3) is 0.241. The molecule has 0 amide bonds. The van der Waals surface area contributed by atoms with Crippen LogP contribution in [0.5, 0.6) is 0 Å². The zero-order chi connectivity index (χ0) is 27.8. The smallest absolute Gasteiger partial charge is 0.335 e. The highest BCUT2D eigenvalue weighted by atomic mass is 35.5. The summed E-state index contributed by atoms with van der Waals surface area (Å²) >= 11 is 6.04. The molecule has 0 saturated carbocycles. The molecule has 0 aliphatic rings. The summed E-state index contributed by atoms with van der Waals surface area (Å²) in [6.45, 7) is 5.99. The Hall–Kier alpha value is -4.37. The number of aliphatic carboxylic acids is 1. The van der Waals surface area contributed by atoms with Crippen molar-refractivity contribution in [2.75, 3.05) is 0 Å². The van der Waals surface area contributed by atoms with Crippen LogP contribution in [0.4, 0.5) is 5.69 Å². The molecule has 3 aromatic carbocycles. The summed E-state index contributed by atoms with van der Waals surface area (Å²) in [5, 5.41) is 12.1. The van der Waals surface area contributed by atoms with Crippen molar-refractivity contribution in [1.29, 1.82) is 0 Å². The van der Waals surface area contributed by atoms with Crippen LogP contribution in [-0.2, 0) is 17.9 Å². The third kappa shape index (κ3) is 4.81. The summed E-state index contributed by atoms with van der Waals surface area (Å²) in [6, 6.07) is 20.0. The van der Waals surface area contributed by atoms with Crippen molar-refractivity contribution < 1.29 is 9.90 Å². The molecule has 0 bridgehead atoms. The lowest BCUT2D eigenvalue weighted by Crippen LogP contribution is -2.52. The van der Waals surface area contributed by atoms with Crippen molar-refractivity contribution >= 4 is 45.1 Å². The molecule has 0 aliphatic heterocycles. The second-order valence-electron chi connectivity index (χ2n) is 9.56. The standard InChI is InChI=1S/C29H28ClN5O4/c1-4-33-24-8-6-5-7-22(24)23-15-21(13-14-25(23)33)31-27-32-28(38)35(18(3)17(2)26(36)37)29(39)34(27)16-19-9-11-20(30)12-10-19/h5-15,17-18H,4,16H2,1-3H3,(H,36,37)(H,31,32,38)/t17-,18+/m1/s1. The number of carboxylic acid groups (broad SMARTS) is 1. The van der Waals surface area contributed by atoms with Gasteiger partial charge in [-0.2, -0.15) is 0 Å². The maximum atomic E-state index is 13.7. The average molecular weight is 546 g/mol. The minimum absolute atomic E-state index is 0.0601. The molecule has 0 fully saturated rings. The molecule has 0 radical (unpaired) electrons. The summed E-state index contributed by atoms with van der Waals surface area (Å²) in [5.41, 5.74) is 2.18. The molecule has 0 aliphatic carbocycles. The van der Waals surface area contributed by atoms with Gasteiger partial charge in [0.05, 0.1) is 24.2 Å². The molecule has 200 valence electrons. The van der Waals surface area contributed by atoms with Crippen LogP contribution in [0.2, 0.25) is 5.02 Å². The molecule has 5 aromatic rings. The molecule has 2 heterocycles. The van der Waals surface area contributed by atoms with Crippen molar-refractivity contribution in [3.63, 3.8) is 0 Å². The van der Waals surface area contributed by atoms with Crippen LogP contribution >= 0.6 is 11.6 Å². The Morgan fingerprint density at radius 3 is 2.36 bits per heavy atom. The van der Waals surface area contributed by atoms with Gasteiger partial charge in [-0.15, -0.1) is 0 Å². The summed E-state index contributed by atoms with van der Waals surface area (Å²) < 4.78 is 4.50. The van der Waals surface area contributed by atoms with Crippen LogP contribution in [-0.4, -0.2) is 29.8 Å². The molecule has 0 unspecified atom stereocenters. The Morgan fingerprint density at radius 1 is 0.974 bits per heavy atom. The Labute approximate surface area is 228 Å². The van der Waals surface area contributed by atoms with E-state index in [0.717, 1.165) is 38.5 Å². The van der Waals surface area contributed by atoms with Gasteiger partial charge in [-0.05, 0) is 62.7 Å². The van der Waals surface area contributed by atoms with E-state index in [-0.39, 0.29) is 12.2 Å². The molecule has 0 saturated heterocycles. The summed E-state index contributed by atoms with van der Waals surface area (Å²) in [7, 11) is 0. The van der Waals surface area contributed by atoms with Crippen LogP contribution in [0.15, 0.2) is 81.3 Å². The lowest BCUT2D eigenvalue weighted by Gasteiger charge is -2.19. The van der Waals surface area contributed by atoms with Crippen molar-refractivity contribution in [2.24, 2.45) is 10.9 Å².